The number of nitro groups is 1. The van der Waals surface area contributed by atoms with Crippen molar-refractivity contribution in [3.63, 3.8) is 0 Å². The molecule has 0 bridgehead atoms. The molecular weight excluding hydrogens is 342 g/mol. The topological polar surface area (TPSA) is 122 Å². The number of carbonyl (C=O) groups excluding carboxylic acids is 2. The summed E-state index contributed by atoms with van der Waals surface area (Å²) in [5, 5.41) is 22.8. The van der Waals surface area contributed by atoms with E-state index in [1.165, 1.54) is 36.4 Å². The molecule has 0 spiro atoms. The lowest BCUT2D eigenvalue weighted by molar-refractivity contribution is -0.384. The fourth-order valence-electron chi connectivity index (χ4n) is 2.13. The number of phenols is 1. The Morgan fingerprint density at radius 2 is 1.85 bits per heavy atom. The summed E-state index contributed by atoms with van der Waals surface area (Å²) in [5.74, 6) is -1.38. The van der Waals surface area contributed by atoms with E-state index in [0.29, 0.717) is 11.4 Å². The molecule has 9 heteroatoms. The van der Waals surface area contributed by atoms with Gasteiger partial charge in [0.05, 0.1) is 10.5 Å². The van der Waals surface area contributed by atoms with Gasteiger partial charge in [0.2, 0.25) is 0 Å². The Morgan fingerprint density at radius 3 is 2.42 bits per heavy atom. The zero-order chi connectivity index (χ0) is 19.3. The number of aromatic hydroxyl groups is 1. The molecule has 1 amide bonds. The molecule has 0 aliphatic carbocycles. The molecule has 2 rings (SSSR count). The lowest BCUT2D eigenvalue weighted by Gasteiger charge is -2.13. The maximum atomic E-state index is 12.0. The lowest BCUT2D eigenvalue weighted by atomic mass is 10.1. The van der Waals surface area contributed by atoms with Crippen LogP contribution in [-0.2, 0) is 9.53 Å². The highest BCUT2D eigenvalue weighted by Crippen LogP contribution is 2.27. The third-order valence-electron chi connectivity index (χ3n) is 3.38. The van der Waals surface area contributed by atoms with E-state index in [-0.39, 0.29) is 17.0 Å². The SMILES string of the molecule is CN(C)c1ccc(C(=O)OCC(=O)Nc2ccc(O)cc2)cc1[N+](=O)[O-]. The zero-order valence-electron chi connectivity index (χ0n) is 14.1. The number of benzene rings is 2. The normalized spacial score (nSPS) is 10.1. The summed E-state index contributed by atoms with van der Waals surface area (Å²) >= 11 is 0. The van der Waals surface area contributed by atoms with Crippen molar-refractivity contribution in [1.82, 2.24) is 0 Å². The number of ether oxygens (including phenoxy) is 1. The van der Waals surface area contributed by atoms with E-state index in [1.54, 1.807) is 19.0 Å². The van der Waals surface area contributed by atoms with Gasteiger partial charge in [-0.2, -0.15) is 0 Å². The Balaban J connectivity index is 2.01. The van der Waals surface area contributed by atoms with Crippen LogP contribution in [0.1, 0.15) is 10.4 Å². The molecule has 0 fully saturated rings. The second-order valence-corrected chi connectivity index (χ2v) is 5.53. The van der Waals surface area contributed by atoms with E-state index in [0.717, 1.165) is 6.07 Å². The molecule has 0 heterocycles. The van der Waals surface area contributed by atoms with Gasteiger partial charge in [0.25, 0.3) is 11.6 Å². The highest BCUT2D eigenvalue weighted by atomic mass is 16.6. The largest absolute Gasteiger partial charge is 0.508 e. The number of hydrogen-bond acceptors (Lipinski definition) is 7. The minimum atomic E-state index is -0.848. The molecule has 136 valence electrons. The number of nitrogens with one attached hydrogen (secondary N) is 1. The van der Waals surface area contributed by atoms with Gasteiger partial charge < -0.3 is 20.1 Å². The van der Waals surface area contributed by atoms with Crippen LogP contribution in [-0.4, -0.2) is 42.6 Å². The molecule has 0 unspecified atom stereocenters. The summed E-state index contributed by atoms with van der Waals surface area (Å²) in [6, 6.07) is 9.69. The summed E-state index contributed by atoms with van der Waals surface area (Å²) in [6.45, 7) is -0.553. The van der Waals surface area contributed by atoms with Crippen LogP contribution >= 0.6 is 0 Å². The first-order chi connectivity index (χ1) is 12.3. The number of carbonyl (C=O) groups is 2. The van der Waals surface area contributed by atoms with Crippen molar-refractivity contribution in [2.45, 2.75) is 0 Å². The number of esters is 1. The van der Waals surface area contributed by atoms with Crippen LogP contribution in [0.25, 0.3) is 0 Å². The van der Waals surface area contributed by atoms with Crippen molar-refractivity contribution < 1.29 is 24.4 Å². The number of hydrogen-bond donors (Lipinski definition) is 2. The van der Waals surface area contributed by atoms with Crippen LogP contribution in [0.2, 0.25) is 0 Å². The third-order valence-corrected chi connectivity index (χ3v) is 3.38. The predicted molar refractivity (Wildman–Crippen MR) is 94.4 cm³/mol. The fraction of sp³-hybridized carbons (Fsp3) is 0.176. The lowest BCUT2D eigenvalue weighted by Crippen LogP contribution is -2.21. The van der Waals surface area contributed by atoms with E-state index in [4.69, 9.17) is 4.74 Å². The summed E-state index contributed by atoms with van der Waals surface area (Å²) in [6.07, 6.45) is 0. The first-order valence-corrected chi connectivity index (χ1v) is 7.49. The summed E-state index contributed by atoms with van der Waals surface area (Å²) in [5.41, 5.74) is 0.504. The number of nitro benzene ring substituents is 1. The van der Waals surface area contributed by atoms with Gasteiger partial charge in [-0.25, -0.2) is 4.79 Å². The van der Waals surface area contributed by atoms with Crippen molar-refractivity contribution in [3.8, 4) is 5.75 Å². The molecule has 9 nitrogen and oxygen atoms in total. The first-order valence-electron chi connectivity index (χ1n) is 7.49. The molecule has 26 heavy (non-hydrogen) atoms. The monoisotopic (exact) mass is 359 g/mol. The molecule has 0 aliphatic rings. The number of rotatable bonds is 6. The summed E-state index contributed by atoms with van der Waals surface area (Å²) in [7, 11) is 3.29. The van der Waals surface area contributed by atoms with Crippen molar-refractivity contribution in [2.24, 2.45) is 0 Å². The molecule has 0 saturated carbocycles. The van der Waals surface area contributed by atoms with Crippen LogP contribution in [0, 0.1) is 10.1 Å². The van der Waals surface area contributed by atoms with E-state index in [1.807, 2.05) is 0 Å². The fourth-order valence-corrected chi connectivity index (χ4v) is 2.13. The summed E-state index contributed by atoms with van der Waals surface area (Å²) < 4.78 is 4.88. The number of nitrogens with zero attached hydrogens (tertiary/aromatic N) is 2. The van der Waals surface area contributed by atoms with Crippen molar-refractivity contribution >= 4 is 28.9 Å². The van der Waals surface area contributed by atoms with Crippen molar-refractivity contribution in [1.29, 1.82) is 0 Å². The molecule has 0 aromatic heterocycles. The van der Waals surface area contributed by atoms with Crippen molar-refractivity contribution in [2.75, 3.05) is 30.9 Å². The van der Waals surface area contributed by atoms with Gasteiger partial charge >= 0.3 is 5.97 Å². The Bertz CT molecular complexity index is 833. The first kappa shape index (κ1) is 18.7. The molecule has 2 N–H and O–H groups in total. The number of phenolic OH excluding ortho intramolecular Hbond substituents is 1. The molecule has 0 radical (unpaired) electrons. The van der Waals surface area contributed by atoms with Gasteiger partial charge in [0, 0.05) is 25.8 Å². The Hall–Kier alpha value is -3.62. The van der Waals surface area contributed by atoms with E-state index in [2.05, 4.69) is 5.32 Å². The van der Waals surface area contributed by atoms with Gasteiger partial charge in [-0.3, -0.25) is 14.9 Å². The molecular formula is C17H17N3O6. The second kappa shape index (κ2) is 7.97. The van der Waals surface area contributed by atoms with Crippen molar-refractivity contribution in [3.05, 3.63) is 58.1 Å². The van der Waals surface area contributed by atoms with Crippen LogP contribution in [0.3, 0.4) is 0 Å². The molecule has 2 aromatic carbocycles. The van der Waals surface area contributed by atoms with Gasteiger partial charge in [0.1, 0.15) is 11.4 Å². The number of amides is 1. The number of anilines is 2. The molecule has 2 aromatic rings. The molecule has 0 saturated heterocycles. The Labute approximate surface area is 149 Å². The summed E-state index contributed by atoms with van der Waals surface area (Å²) in [4.78, 5) is 35.9. The quantitative estimate of drug-likeness (QED) is 0.351. The zero-order valence-corrected chi connectivity index (χ0v) is 14.1. The van der Waals surface area contributed by atoms with E-state index in [9.17, 15) is 24.8 Å². The van der Waals surface area contributed by atoms with E-state index >= 15 is 0 Å². The highest BCUT2D eigenvalue weighted by Gasteiger charge is 2.20. The van der Waals surface area contributed by atoms with Crippen LogP contribution in [0.4, 0.5) is 17.1 Å². The average Bonchev–Trinajstić information content (AvgIpc) is 2.61. The van der Waals surface area contributed by atoms with Crippen LogP contribution in [0.15, 0.2) is 42.5 Å². The van der Waals surface area contributed by atoms with Gasteiger partial charge in [0.15, 0.2) is 6.61 Å². The molecule has 0 aliphatic heterocycles. The Kier molecular flexibility index (Phi) is 5.74. The van der Waals surface area contributed by atoms with E-state index < -0.39 is 23.4 Å². The van der Waals surface area contributed by atoms with Gasteiger partial charge in [-0.15, -0.1) is 0 Å². The average molecular weight is 359 g/mol. The highest BCUT2D eigenvalue weighted by molar-refractivity contribution is 5.96. The predicted octanol–water partition coefficient (Wildman–Crippen LogP) is 2.16. The maximum absolute atomic E-state index is 12.0. The van der Waals surface area contributed by atoms with Crippen LogP contribution < -0.4 is 10.2 Å². The van der Waals surface area contributed by atoms with Gasteiger partial charge in [-0.1, -0.05) is 0 Å². The van der Waals surface area contributed by atoms with Gasteiger partial charge in [-0.05, 0) is 36.4 Å². The molecule has 0 atom stereocenters. The van der Waals surface area contributed by atoms with Crippen LogP contribution in [0.5, 0.6) is 5.75 Å². The maximum Gasteiger partial charge on any atom is 0.338 e. The minimum Gasteiger partial charge on any atom is -0.508 e. The minimum absolute atomic E-state index is 0.0280. The second-order valence-electron chi connectivity index (χ2n) is 5.53. The standard InChI is InChI=1S/C17H17N3O6/c1-19(2)14-8-3-11(9-15(14)20(24)25)17(23)26-10-16(22)18-12-4-6-13(21)7-5-12/h3-9,21H,10H2,1-2H3,(H,18,22). The smallest absolute Gasteiger partial charge is 0.338 e. The third kappa shape index (κ3) is 4.69. The Morgan fingerprint density at radius 1 is 1.19 bits per heavy atom.